The number of nitrogens with one attached hydrogen (secondary N) is 1. The summed E-state index contributed by atoms with van der Waals surface area (Å²) in [5.74, 6) is -0.0685. The van der Waals surface area contributed by atoms with Gasteiger partial charge in [0.05, 0.1) is 5.92 Å². The number of fused-ring (bicyclic) bond motifs is 3. The van der Waals surface area contributed by atoms with Gasteiger partial charge in [-0.1, -0.05) is 63.2 Å². The van der Waals surface area contributed by atoms with Gasteiger partial charge in [-0.2, -0.15) is 0 Å². The second-order valence-corrected chi connectivity index (χ2v) is 6.42. The first-order chi connectivity index (χ1) is 9.48. The van der Waals surface area contributed by atoms with Gasteiger partial charge >= 0.3 is 0 Å². The fourth-order valence-corrected chi connectivity index (χ4v) is 3.03. The molecule has 0 fully saturated rings. The maximum atomic E-state index is 12.7. The molecule has 2 nitrogen and oxygen atoms in total. The Morgan fingerprint density at radius 3 is 2.20 bits per heavy atom. The fraction of sp³-hybridized carbons (Fsp3) is 0.278. The Kier molecular flexibility index (Phi) is 2.89. The topological polar surface area (TPSA) is 29.1 Å². The molecular weight excluding hydrogens is 246 g/mol. The van der Waals surface area contributed by atoms with Gasteiger partial charge in [-0.3, -0.25) is 4.79 Å². The predicted octanol–water partition coefficient (Wildman–Crippen LogP) is 4.44. The Morgan fingerprint density at radius 2 is 1.50 bits per heavy atom. The van der Waals surface area contributed by atoms with Crippen LogP contribution in [0.15, 0.2) is 48.5 Å². The van der Waals surface area contributed by atoms with E-state index in [-0.39, 0.29) is 17.2 Å². The summed E-state index contributed by atoms with van der Waals surface area (Å²) in [6.07, 6.45) is 0. The molecule has 2 aromatic carbocycles. The van der Waals surface area contributed by atoms with Crippen molar-refractivity contribution in [2.75, 3.05) is 5.32 Å². The van der Waals surface area contributed by atoms with Crippen molar-refractivity contribution in [1.82, 2.24) is 0 Å². The number of carbonyl (C=O) groups is 1. The van der Waals surface area contributed by atoms with Crippen LogP contribution in [0, 0.1) is 5.41 Å². The van der Waals surface area contributed by atoms with Crippen LogP contribution in [0.25, 0.3) is 11.1 Å². The van der Waals surface area contributed by atoms with Crippen molar-refractivity contribution < 1.29 is 4.79 Å². The molecular formula is C18H19NO. The molecule has 3 rings (SSSR count). The van der Waals surface area contributed by atoms with Crippen LogP contribution in [0.4, 0.5) is 5.69 Å². The van der Waals surface area contributed by atoms with Crippen LogP contribution in [0.5, 0.6) is 0 Å². The molecule has 0 radical (unpaired) electrons. The average Bonchev–Trinajstić information content (AvgIpc) is 2.51. The molecule has 2 aromatic rings. The fourth-order valence-electron chi connectivity index (χ4n) is 3.03. The van der Waals surface area contributed by atoms with Gasteiger partial charge in [0.25, 0.3) is 0 Å². The van der Waals surface area contributed by atoms with Crippen molar-refractivity contribution in [2.24, 2.45) is 5.41 Å². The lowest BCUT2D eigenvalue weighted by Gasteiger charge is -2.29. The van der Waals surface area contributed by atoms with Crippen molar-refractivity contribution in [1.29, 1.82) is 0 Å². The Labute approximate surface area is 119 Å². The zero-order chi connectivity index (χ0) is 14.3. The van der Waals surface area contributed by atoms with Crippen molar-refractivity contribution in [3.8, 4) is 11.1 Å². The van der Waals surface area contributed by atoms with Crippen LogP contribution in [0.2, 0.25) is 0 Å². The molecule has 0 aliphatic carbocycles. The van der Waals surface area contributed by atoms with Gasteiger partial charge in [0.2, 0.25) is 5.91 Å². The lowest BCUT2D eigenvalue weighted by atomic mass is 9.74. The Morgan fingerprint density at radius 1 is 0.900 bits per heavy atom. The van der Waals surface area contributed by atoms with E-state index in [1.807, 2.05) is 30.3 Å². The number of carbonyl (C=O) groups excluding carboxylic acids is 1. The third-order valence-corrected chi connectivity index (χ3v) is 3.88. The van der Waals surface area contributed by atoms with Gasteiger partial charge in [-0.05, 0) is 22.6 Å². The van der Waals surface area contributed by atoms with E-state index in [0.717, 1.165) is 22.4 Å². The Balaban J connectivity index is 2.30. The van der Waals surface area contributed by atoms with Crippen LogP contribution in [0.1, 0.15) is 32.3 Å². The van der Waals surface area contributed by atoms with Crippen molar-refractivity contribution >= 4 is 11.6 Å². The number of hydrogen-bond donors (Lipinski definition) is 1. The Bertz CT molecular complexity index is 667. The van der Waals surface area contributed by atoms with Gasteiger partial charge in [0.1, 0.15) is 0 Å². The molecule has 0 spiro atoms. The molecule has 1 heterocycles. The summed E-state index contributed by atoms with van der Waals surface area (Å²) in [6, 6.07) is 16.2. The van der Waals surface area contributed by atoms with E-state index in [1.54, 1.807) is 0 Å². The average molecular weight is 265 g/mol. The van der Waals surface area contributed by atoms with E-state index in [0.29, 0.717) is 0 Å². The number of amides is 1. The smallest absolute Gasteiger partial charge is 0.232 e. The maximum Gasteiger partial charge on any atom is 0.232 e. The highest BCUT2D eigenvalue weighted by Gasteiger charge is 2.36. The summed E-state index contributed by atoms with van der Waals surface area (Å²) < 4.78 is 0. The molecule has 1 unspecified atom stereocenters. The first kappa shape index (κ1) is 12.9. The summed E-state index contributed by atoms with van der Waals surface area (Å²) in [6.45, 7) is 6.35. The number of rotatable bonds is 0. The molecule has 20 heavy (non-hydrogen) atoms. The molecule has 102 valence electrons. The lowest BCUT2D eigenvalue weighted by Crippen LogP contribution is -2.30. The van der Waals surface area contributed by atoms with E-state index < -0.39 is 0 Å². The van der Waals surface area contributed by atoms with Crippen molar-refractivity contribution in [3.63, 3.8) is 0 Å². The number of hydrogen-bond acceptors (Lipinski definition) is 1. The van der Waals surface area contributed by atoms with Gasteiger partial charge in [-0.25, -0.2) is 0 Å². The van der Waals surface area contributed by atoms with Crippen molar-refractivity contribution in [3.05, 3.63) is 54.1 Å². The highest BCUT2D eigenvalue weighted by molar-refractivity contribution is 6.03. The van der Waals surface area contributed by atoms with Gasteiger partial charge < -0.3 is 5.32 Å². The molecule has 1 N–H and O–H groups in total. The highest BCUT2D eigenvalue weighted by atomic mass is 16.1. The van der Waals surface area contributed by atoms with E-state index in [9.17, 15) is 4.79 Å². The third-order valence-electron chi connectivity index (χ3n) is 3.88. The molecule has 1 atom stereocenters. The number of benzene rings is 2. The largest absolute Gasteiger partial charge is 0.325 e. The van der Waals surface area contributed by atoms with Crippen LogP contribution in [0.3, 0.4) is 0 Å². The van der Waals surface area contributed by atoms with Gasteiger partial charge in [0, 0.05) is 11.3 Å². The minimum Gasteiger partial charge on any atom is -0.325 e. The van der Waals surface area contributed by atoms with Crippen LogP contribution >= 0.6 is 0 Å². The second kappa shape index (κ2) is 4.48. The first-order valence-electron chi connectivity index (χ1n) is 6.97. The van der Waals surface area contributed by atoms with E-state index >= 15 is 0 Å². The van der Waals surface area contributed by atoms with Crippen LogP contribution in [-0.4, -0.2) is 5.91 Å². The van der Waals surface area contributed by atoms with Crippen LogP contribution < -0.4 is 5.32 Å². The third kappa shape index (κ3) is 2.01. The second-order valence-electron chi connectivity index (χ2n) is 6.42. The molecule has 0 saturated heterocycles. The quantitative estimate of drug-likeness (QED) is 0.750. The lowest BCUT2D eigenvalue weighted by molar-refractivity contribution is -0.119. The summed E-state index contributed by atoms with van der Waals surface area (Å²) in [5, 5.41) is 3.09. The van der Waals surface area contributed by atoms with E-state index in [4.69, 9.17) is 0 Å². The zero-order valence-corrected chi connectivity index (χ0v) is 12.1. The van der Waals surface area contributed by atoms with Gasteiger partial charge in [-0.15, -0.1) is 0 Å². The summed E-state index contributed by atoms with van der Waals surface area (Å²) in [7, 11) is 0. The molecule has 1 aliphatic rings. The molecule has 1 amide bonds. The number of anilines is 1. The Hall–Kier alpha value is -2.09. The monoisotopic (exact) mass is 265 g/mol. The molecule has 1 aliphatic heterocycles. The van der Waals surface area contributed by atoms with E-state index in [2.05, 4.69) is 44.3 Å². The van der Waals surface area contributed by atoms with E-state index in [1.165, 1.54) is 0 Å². The predicted molar refractivity (Wildman–Crippen MR) is 82.7 cm³/mol. The summed E-state index contributed by atoms with van der Waals surface area (Å²) in [4.78, 5) is 12.7. The molecule has 0 aromatic heterocycles. The minimum absolute atomic E-state index is 0.0786. The summed E-state index contributed by atoms with van der Waals surface area (Å²) >= 11 is 0. The SMILES string of the molecule is CC(C)(C)C1C(=O)Nc2ccccc2-c2ccccc21. The minimum atomic E-state index is -0.147. The zero-order valence-electron chi connectivity index (χ0n) is 12.1. The first-order valence-corrected chi connectivity index (χ1v) is 6.97. The maximum absolute atomic E-state index is 12.7. The summed E-state index contributed by atoms with van der Waals surface area (Å²) in [5.41, 5.74) is 4.14. The molecule has 2 heteroatoms. The molecule has 0 bridgehead atoms. The van der Waals surface area contributed by atoms with Gasteiger partial charge in [0.15, 0.2) is 0 Å². The van der Waals surface area contributed by atoms with Crippen LogP contribution in [-0.2, 0) is 4.79 Å². The molecule has 0 saturated carbocycles. The number of para-hydroxylation sites is 1. The highest BCUT2D eigenvalue weighted by Crippen LogP contribution is 2.44. The van der Waals surface area contributed by atoms with Crippen molar-refractivity contribution in [2.45, 2.75) is 26.7 Å². The normalized spacial score (nSPS) is 17.8. The standard InChI is InChI=1S/C18H19NO/c1-18(2,3)16-14-10-5-4-8-12(14)13-9-6-7-11-15(13)19-17(16)20/h4-11,16H,1-3H3,(H,19,20).